The molecule has 0 bridgehead atoms. The van der Waals surface area contributed by atoms with Crippen molar-refractivity contribution in [3.05, 3.63) is 64.1 Å². The molecular formula is C17H17Cl2NO4S. The van der Waals surface area contributed by atoms with E-state index >= 15 is 0 Å². The van der Waals surface area contributed by atoms with Gasteiger partial charge in [-0.1, -0.05) is 35.3 Å². The molecule has 1 atom stereocenters. The maximum absolute atomic E-state index is 12.3. The first-order valence-corrected chi connectivity index (χ1v) is 9.89. The molecule has 0 aliphatic rings. The van der Waals surface area contributed by atoms with Crippen molar-refractivity contribution in [3.63, 3.8) is 0 Å². The number of carbonyl (C=O) groups excluding carboxylic acids is 1. The lowest BCUT2D eigenvalue weighted by molar-refractivity contribution is -0.130. The molecular weight excluding hydrogens is 385 g/mol. The van der Waals surface area contributed by atoms with Gasteiger partial charge in [0.05, 0.1) is 11.5 Å². The third-order valence-corrected chi connectivity index (χ3v) is 5.67. The fourth-order valence-corrected chi connectivity index (χ4v) is 4.22. The Hall–Kier alpha value is -1.60. The Morgan fingerprint density at radius 2 is 1.52 bits per heavy atom. The quantitative estimate of drug-likeness (QED) is 0.777. The molecule has 2 rings (SSSR count). The number of aliphatic hydroxyl groups is 1. The van der Waals surface area contributed by atoms with Crippen LogP contribution in [0.2, 0.25) is 10.0 Å². The van der Waals surface area contributed by atoms with Gasteiger partial charge in [-0.05, 0) is 48.9 Å². The van der Waals surface area contributed by atoms with Crippen LogP contribution in [0, 0.1) is 0 Å². The molecule has 0 spiro atoms. The van der Waals surface area contributed by atoms with Gasteiger partial charge < -0.3 is 10.4 Å². The largest absolute Gasteiger partial charge is 0.379 e. The molecule has 0 aromatic heterocycles. The zero-order valence-corrected chi connectivity index (χ0v) is 15.7. The third-order valence-electron chi connectivity index (χ3n) is 3.39. The molecule has 0 saturated carbocycles. The number of rotatable bonds is 6. The molecule has 8 heteroatoms. The second kappa shape index (κ2) is 7.74. The predicted molar refractivity (Wildman–Crippen MR) is 99.6 cm³/mol. The van der Waals surface area contributed by atoms with Crippen molar-refractivity contribution in [2.75, 3.05) is 11.1 Å². The molecule has 1 unspecified atom stereocenters. The van der Waals surface area contributed by atoms with Crippen LogP contribution in [0.4, 0.5) is 5.69 Å². The molecule has 25 heavy (non-hydrogen) atoms. The van der Waals surface area contributed by atoms with Gasteiger partial charge in [0.25, 0.3) is 5.91 Å². The molecule has 1 amide bonds. The van der Waals surface area contributed by atoms with E-state index in [1.165, 1.54) is 0 Å². The normalized spacial score (nSPS) is 13.9. The van der Waals surface area contributed by atoms with Gasteiger partial charge in [0.2, 0.25) is 0 Å². The summed E-state index contributed by atoms with van der Waals surface area (Å²) in [5.74, 6) is -1.81. The fraction of sp³-hybridized carbons (Fsp3) is 0.235. The van der Waals surface area contributed by atoms with Crippen LogP contribution in [0.3, 0.4) is 0 Å². The van der Waals surface area contributed by atoms with E-state index in [9.17, 15) is 18.3 Å². The van der Waals surface area contributed by atoms with Gasteiger partial charge >= 0.3 is 0 Å². The summed E-state index contributed by atoms with van der Waals surface area (Å²) in [5, 5.41) is 13.8. The summed E-state index contributed by atoms with van der Waals surface area (Å²) in [4.78, 5) is 12.2. The number of carbonyl (C=O) groups is 1. The minimum Gasteiger partial charge on any atom is -0.379 e. The SMILES string of the molecule is CC(O)(CS(=O)(=O)Cc1ccc(Cl)cc1)C(=O)Nc1ccc(Cl)cc1. The van der Waals surface area contributed by atoms with E-state index in [4.69, 9.17) is 23.2 Å². The average Bonchev–Trinajstić information content (AvgIpc) is 2.50. The van der Waals surface area contributed by atoms with Crippen LogP contribution >= 0.6 is 23.2 Å². The standard InChI is InChI=1S/C17H17Cl2NO4S/c1-17(22,16(21)20-15-8-6-14(19)7-9-15)11-25(23,24)10-12-2-4-13(18)5-3-12/h2-9,22H,10-11H2,1H3,(H,20,21). The molecule has 2 aromatic rings. The lowest BCUT2D eigenvalue weighted by Gasteiger charge is -2.22. The van der Waals surface area contributed by atoms with Crippen molar-refractivity contribution in [2.45, 2.75) is 18.3 Å². The summed E-state index contributed by atoms with van der Waals surface area (Å²) in [6, 6.07) is 12.6. The number of nitrogens with one attached hydrogen (secondary N) is 1. The number of anilines is 1. The zero-order valence-electron chi connectivity index (χ0n) is 13.4. The van der Waals surface area contributed by atoms with Crippen LogP contribution in [-0.4, -0.2) is 30.8 Å². The van der Waals surface area contributed by atoms with E-state index in [1.54, 1.807) is 48.5 Å². The van der Waals surface area contributed by atoms with Crippen molar-refractivity contribution in [1.82, 2.24) is 0 Å². The first-order valence-electron chi connectivity index (χ1n) is 7.32. The van der Waals surface area contributed by atoms with Gasteiger partial charge in [0.15, 0.2) is 15.4 Å². The molecule has 5 nitrogen and oxygen atoms in total. The zero-order chi connectivity index (χ0) is 18.7. The van der Waals surface area contributed by atoms with Gasteiger partial charge in [-0.15, -0.1) is 0 Å². The molecule has 0 heterocycles. The number of sulfone groups is 1. The Kier molecular flexibility index (Phi) is 6.11. The van der Waals surface area contributed by atoms with E-state index < -0.39 is 27.1 Å². The number of halogens is 2. The molecule has 0 fully saturated rings. The van der Waals surface area contributed by atoms with Gasteiger partial charge in [-0.25, -0.2) is 8.42 Å². The van der Waals surface area contributed by atoms with Gasteiger partial charge in [0.1, 0.15) is 0 Å². The summed E-state index contributed by atoms with van der Waals surface area (Å²) in [5.41, 5.74) is -1.15. The maximum Gasteiger partial charge on any atom is 0.257 e. The smallest absolute Gasteiger partial charge is 0.257 e. The first kappa shape index (κ1) is 19.7. The van der Waals surface area contributed by atoms with Crippen LogP contribution in [0.25, 0.3) is 0 Å². The highest BCUT2D eigenvalue weighted by molar-refractivity contribution is 7.90. The molecule has 0 radical (unpaired) electrons. The van der Waals surface area contributed by atoms with Crippen molar-refractivity contribution in [2.24, 2.45) is 0 Å². The van der Waals surface area contributed by atoms with E-state index in [-0.39, 0.29) is 5.75 Å². The van der Waals surface area contributed by atoms with Gasteiger partial charge in [0, 0.05) is 15.7 Å². The Bertz CT molecular complexity index is 847. The van der Waals surface area contributed by atoms with E-state index in [1.807, 2.05) is 0 Å². The van der Waals surface area contributed by atoms with Crippen molar-refractivity contribution in [3.8, 4) is 0 Å². The topological polar surface area (TPSA) is 83.5 Å². The van der Waals surface area contributed by atoms with Crippen molar-refractivity contribution in [1.29, 1.82) is 0 Å². The fourth-order valence-electron chi connectivity index (χ4n) is 2.18. The van der Waals surface area contributed by atoms with E-state index in [0.29, 0.717) is 21.3 Å². The second-order valence-corrected chi connectivity index (χ2v) is 8.83. The monoisotopic (exact) mass is 401 g/mol. The minimum atomic E-state index is -3.72. The molecule has 2 aromatic carbocycles. The molecule has 134 valence electrons. The predicted octanol–water partition coefficient (Wildman–Crippen LogP) is 3.30. The second-order valence-electron chi connectivity index (χ2n) is 5.89. The number of hydrogen-bond donors (Lipinski definition) is 2. The lowest BCUT2D eigenvalue weighted by atomic mass is 10.1. The third kappa shape index (κ3) is 6.01. The number of benzene rings is 2. The summed E-state index contributed by atoms with van der Waals surface area (Å²) in [7, 11) is -3.72. The first-order chi connectivity index (χ1) is 11.6. The Morgan fingerprint density at radius 3 is 2.04 bits per heavy atom. The molecule has 0 aliphatic heterocycles. The number of hydrogen-bond acceptors (Lipinski definition) is 4. The van der Waals surface area contributed by atoms with Crippen LogP contribution < -0.4 is 5.32 Å². The highest BCUT2D eigenvalue weighted by Gasteiger charge is 2.36. The highest BCUT2D eigenvalue weighted by atomic mass is 35.5. The highest BCUT2D eigenvalue weighted by Crippen LogP contribution is 2.19. The maximum atomic E-state index is 12.3. The van der Waals surface area contributed by atoms with Crippen LogP contribution in [0.1, 0.15) is 12.5 Å². The molecule has 0 saturated heterocycles. The molecule has 0 aliphatic carbocycles. The Balaban J connectivity index is 2.06. The van der Waals surface area contributed by atoms with Crippen molar-refractivity contribution >= 4 is 44.6 Å². The number of amides is 1. The van der Waals surface area contributed by atoms with Crippen LogP contribution in [-0.2, 0) is 20.4 Å². The van der Waals surface area contributed by atoms with Crippen molar-refractivity contribution < 1.29 is 18.3 Å². The molecule has 2 N–H and O–H groups in total. The summed E-state index contributed by atoms with van der Waals surface area (Å²) in [6.07, 6.45) is 0. The Morgan fingerprint density at radius 1 is 1.04 bits per heavy atom. The van der Waals surface area contributed by atoms with E-state index in [2.05, 4.69) is 5.32 Å². The summed E-state index contributed by atoms with van der Waals surface area (Å²) >= 11 is 11.5. The van der Waals surface area contributed by atoms with Crippen LogP contribution in [0.15, 0.2) is 48.5 Å². The van der Waals surface area contributed by atoms with Gasteiger partial charge in [-0.3, -0.25) is 4.79 Å². The van der Waals surface area contributed by atoms with Crippen LogP contribution in [0.5, 0.6) is 0 Å². The van der Waals surface area contributed by atoms with E-state index in [0.717, 1.165) is 6.92 Å². The Labute approximate surface area is 156 Å². The minimum absolute atomic E-state index is 0.297. The lowest BCUT2D eigenvalue weighted by Crippen LogP contribution is -2.46. The summed E-state index contributed by atoms with van der Waals surface area (Å²) in [6.45, 7) is 1.16. The van der Waals surface area contributed by atoms with Gasteiger partial charge in [-0.2, -0.15) is 0 Å². The average molecular weight is 402 g/mol. The summed E-state index contributed by atoms with van der Waals surface area (Å²) < 4.78 is 24.6.